The number of phenols is 1. The quantitative estimate of drug-likeness (QED) is 0.601. The molecule has 1 amide bonds. The molecule has 2 aromatic carbocycles. The Kier molecular flexibility index (Phi) is 3.56. The number of nitrogens with one attached hydrogen (secondary N) is 1. The van der Waals surface area contributed by atoms with Crippen LogP contribution in [0.15, 0.2) is 55.1 Å². The molecule has 1 aliphatic heterocycles. The van der Waals surface area contributed by atoms with E-state index in [9.17, 15) is 15.1 Å². The molecule has 112 valence electrons. The van der Waals surface area contributed by atoms with E-state index in [-0.39, 0.29) is 5.75 Å². The highest BCUT2D eigenvalue weighted by atomic mass is 16.5. The number of carbonyl (C=O) groups is 1. The van der Waals surface area contributed by atoms with Crippen LogP contribution < -0.4 is 5.32 Å². The summed E-state index contributed by atoms with van der Waals surface area (Å²) >= 11 is 0. The molecule has 3 N–H and O–H groups in total. The van der Waals surface area contributed by atoms with Crippen molar-refractivity contribution in [3.05, 3.63) is 71.8 Å². The number of nitrogens with zero attached hydrogens (tertiary/aromatic N) is 1. The van der Waals surface area contributed by atoms with Crippen molar-refractivity contribution in [3.8, 4) is 5.75 Å². The number of amides is 1. The van der Waals surface area contributed by atoms with Crippen LogP contribution in [0.4, 0.5) is 5.69 Å². The summed E-state index contributed by atoms with van der Waals surface area (Å²) in [5, 5.41) is 24.2. The molecule has 0 fully saturated rings. The lowest BCUT2D eigenvalue weighted by atomic mass is 10.0. The van der Waals surface area contributed by atoms with Crippen LogP contribution in [0.1, 0.15) is 27.7 Å². The monoisotopic (exact) mass is 296 g/mol. The molecule has 0 radical (unpaired) electrons. The lowest BCUT2D eigenvalue weighted by Crippen LogP contribution is -2.40. The van der Waals surface area contributed by atoms with Crippen molar-refractivity contribution in [1.82, 2.24) is 5.06 Å². The van der Waals surface area contributed by atoms with Crippen molar-refractivity contribution in [1.29, 1.82) is 0 Å². The van der Waals surface area contributed by atoms with Crippen LogP contribution in [0.3, 0.4) is 0 Å². The number of fused-ring (bicyclic) bond motifs is 1. The molecule has 1 aliphatic rings. The van der Waals surface area contributed by atoms with Crippen LogP contribution in [0.5, 0.6) is 5.75 Å². The SMILES string of the molecule is C=CCc1cccc([C@H]2Nc3ccccc3C(=O)N2O)c1O. The molecule has 0 bridgehead atoms. The number of benzene rings is 2. The summed E-state index contributed by atoms with van der Waals surface area (Å²) in [5.41, 5.74) is 2.14. The fourth-order valence-electron chi connectivity index (χ4n) is 2.61. The van der Waals surface area contributed by atoms with Crippen molar-refractivity contribution in [2.24, 2.45) is 0 Å². The second-order valence-electron chi connectivity index (χ2n) is 5.09. The lowest BCUT2D eigenvalue weighted by molar-refractivity contribution is -0.0855. The van der Waals surface area contributed by atoms with Gasteiger partial charge in [-0.2, -0.15) is 5.06 Å². The molecule has 1 atom stereocenters. The first-order chi connectivity index (χ1) is 10.6. The Bertz CT molecular complexity index is 742. The van der Waals surface area contributed by atoms with Crippen molar-refractivity contribution >= 4 is 11.6 Å². The molecule has 0 unspecified atom stereocenters. The molecule has 22 heavy (non-hydrogen) atoms. The Labute approximate surface area is 128 Å². The summed E-state index contributed by atoms with van der Waals surface area (Å²) in [6, 6.07) is 12.2. The minimum atomic E-state index is -0.841. The number of aromatic hydroxyl groups is 1. The summed E-state index contributed by atoms with van der Waals surface area (Å²) in [5.74, 6) is -0.459. The van der Waals surface area contributed by atoms with Gasteiger partial charge in [-0.05, 0) is 24.1 Å². The van der Waals surface area contributed by atoms with Crippen molar-refractivity contribution in [3.63, 3.8) is 0 Å². The number of para-hydroxylation sites is 2. The van der Waals surface area contributed by atoms with E-state index in [1.807, 2.05) is 0 Å². The zero-order chi connectivity index (χ0) is 15.7. The van der Waals surface area contributed by atoms with E-state index in [2.05, 4.69) is 11.9 Å². The maximum atomic E-state index is 12.3. The first-order valence-corrected chi connectivity index (χ1v) is 6.93. The fraction of sp³-hybridized carbons (Fsp3) is 0.118. The maximum Gasteiger partial charge on any atom is 0.281 e. The van der Waals surface area contributed by atoms with Crippen LogP contribution in [-0.4, -0.2) is 21.3 Å². The summed E-state index contributed by atoms with van der Waals surface area (Å²) in [4.78, 5) is 12.3. The van der Waals surface area contributed by atoms with Crippen LogP contribution in [0.2, 0.25) is 0 Å². The number of anilines is 1. The zero-order valence-electron chi connectivity index (χ0n) is 11.9. The molecule has 2 aromatic rings. The number of rotatable bonds is 3. The van der Waals surface area contributed by atoms with E-state index in [0.29, 0.717) is 33.9 Å². The van der Waals surface area contributed by atoms with E-state index in [1.165, 1.54) is 0 Å². The normalized spacial score (nSPS) is 16.9. The second kappa shape index (κ2) is 5.54. The van der Waals surface area contributed by atoms with Crippen molar-refractivity contribution in [2.75, 3.05) is 5.32 Å². The molecule has 1 heterocycles. The van der Waals surface area contributed by atoms with Crippen molar-refractivity contribution in [2.45, 2.75) is 12.6 Å². The first kappa shape index (κ1) is 14.2. The smallest absolute Gasteiger partial charge is 0.281 e. The Morgan fingerprint density at radius 1 is 1.23 bits per heavy atom. The largest absolute Gasteiger partial charge is 0.507 e. The Morgan fingerprint density at radius 3 is 2.77 bits per heavy atom. The third kappa shape index (κ3) is 2.21. The van der Waals surface area contributed by atoms with E-state index in [4.69, 9.17) is 0 Å². The molecular weight excluding hydrogens is 280 g/mol. The minimum absolute atomic E-state index is 0.0473. The minimum Gasteiger partial charge on any atom is -0.507 e. The molecule has 0 saturated heterocycles. The van der Waals surface area contributed by atoms with E-state index < -0.39 is 12.1 Å². The van der Waals surface area contributed by atoms with Gasteiger partial charge in [-0.15, -0.1) is 6.58 Å². The number of hydrogen-bond donors (Lipinski definition) is 3. The molecule has 0 aliphatic carbocycles. The predicted octanol–water partition coefficient (Wildman–Crippen LogP) is 3.08. The van der Waals surface area contributed by atoms with Crippen molar-refractivity contribution < 1.29 is 15.1 Å². The summed E-state index contributed by atoms with van der Waals surface area (Å²) in [6.07, 6.45) is 1.35. The molecule has 0 spiro atoms. The molecule has 5 heteroatoms. The number of allylic oxidation sites excluding steroid dienone is 1. The molecule has 0 saturated carbocycles. The molecule has 5 nitrogen and oxygen atoms in total. The van der Waals surface area contributed by atoms with Crippen LogP contribution in [0.25, 0.3) is 0 Å². The number of phenolic OH excluding ortho intramolecular Hbond substituents is 1. The van der Waals surface area contributed by atoms with Gasteiger partial charge in [-0.1, -0.05) is 36.4 Å². The number of hydrogen-bond acceptors (Lipinski definition) is 4. The molecular formula is C17H16N2O3. The summed E-state index contributed by atoms with van der Waals surface area (Å²) in [6.45, 7) is 3.66. The topological polar surface area (TPSA) is 72.8 Å². The maximum absolute atomic E-state index is 12.3. The highest BCUT2D eigenvalue weighted by Gasteiger charge is 2.33. The van der Waals surface area contributed by atoms with Gasteiger partial charge < -0.3 is 10.4 Å². The zero-order valence-corrected chi connectivity index (χ0v) is 11.9. The Morgan fingerprint density at radius 2 is 2.00 bits per heavy atom. The highest BCUT2D eigenvalue weighted by Crippen LogP contribution is 2.36. The van der Waals surface area contributed by atoms with Gasteiger partial charge in [0.05, 0.1) is 5.56 Å². The van der Waals surface area contributed by atoms with E-state index >= 15 is 0 Å². The Hall–Kier alpha value is -2.79. The third-order valence-corrected chi connectivity index (χ3v) is 3.71. The average Bonchev–Trinajstić information content (AvgIpc) is 2.53. The van der Waals surface area contributed by atoms with Gasteiger partial charge in [-0.25, -0.2) is 0 Å². The predicted molar refractivity (Wildman–Crippen MR) is 82.8 cm³/mol. The van der Waals surface area contributed by atoms with Gasteiger partial charge in [0.2, 0.25) is 0 Å². The van der Waals surface area contributed by atoms with Crippen LogP contribution >= 0.6 is 0 Å². The first-order valence-electron chi connectivity index (χ1n) is 6.93. The average molecular weight is 296 g/mol. The summed E-state index contributed by atoms with van der Waals surface area (Å²) < 4.78 is 0. The van der Waals surface area contributed by atoms with Gasteiger partial charge >= 0.3 is 0 Å². The van der Waals surface area contributed by atoms with Gasteiger partial charge in [-0.3, -0.25) is 10.0 Å². The fourth-order valence-corrected chi connectivity index (χ4v) is 2.61. The molecule has 0 aromatic heterocycles. The highest BCUT2D eigenvalue weighted by molar-refractivity contribution is 6.01. The second-order valence-corrected chi connectivity index (χ2v) is 5.09. The molecule has 3 rings (SSSR count). The standard InChI is InChI=1S/C17H16N2O3/c1-2-6-11-7-5-9-13(15(11)20)16-18-14-10-4-3-8-12(14)17(21)19(16)22/h2-5,7-10,16,18,20,22H,1,6H2/t16-/m0/s1. The van der Waals surface area contributed by atoms with Crippen LogP contribution in [0, 0.1) is 0 Å². The van der Waals surface area contributed by atoms with Crippen LogP contribution in [-0.2, 0) is 6.42 Å². The van der Waals surface area contributed by atoms with E-state index in [0.717, 1.165) is 0 Å². The van der Waals surface area contributed by atoms with Gasteiger partial charge in [0.15, 0.2) is 6.17 Å². The van der Waals surface area contributed by atoms with Gasteiger partial charge in [0.25, 0.3) is 5.91 Å². The third-order valence-electron chi connectivity index (χ3n) is 3.71. The number of hydroxylamine groups is 2. The summed E-state index contributed by atoms with van der Waals surface area (Å²) in [7, 11) is 0. The van der Waals surface area contributed by atoms with E-state index in [1.54, 1.807) is 48.5 Å². The lowest BCUT2D eigenvalue weighted by Gasteiger charge is -2.34. The number of carbonyl (C=O) groups excluding carboxylic acids is 1. The van der Waals surface area contributed by atoms with Gasteiger partial charge in [0, 0.05) is 11.3 Å². The van der Waals surface area contributed by atoms with Gasteiger partial charge in [0.1, 0.15) is 5.75 Å². The Balaban J connectivity index is 2.05.